The highest BCUT2D eigenvalue weighted by atomic mass is 127. The third-order valence-electron chi connectivity index (χ3n) is 1.31. The van der Waals surface area contributed by atoms with Crippen molar-refractivity contribution in [1.29, 1.82) is 0 Å². The predicted molar refractivity (Wildman–Crippen MR) is 56.9 cm³/mol. The van der Waals surface area contributed by atoms with Gasteiger partial charge in [0.05, 0.1) is 0 Å². The van der Waals surface area contributed by atoms with E-state index in [1.165, 1.54) is 0 Å². The molecule has 1 aromatic carbocycles. The van der Waals surface area contributed by atoms with Crippen LogP contribution in [0, 0.1) is 3.57 Å². The fourth-order valence-electron chi connectivity index (χ4n) is 0.767. The Morgan fingerprint density at radius 1 is 1.55 bits per heavy atom. The van der Waals surface area contributed by atoms with Crippen LogP contribution in [0.3, 0.4) is 0 Å². The highest BCUT2D eigenvalue weighted by Gasteiger charge is 2.03. The Morgan fingerprint density at radius 3 is 2.64 bits per heavy atom. The van der Waals surface area contributed by atoms with Crippen LogP contribution >= 0.6 is 38.5 Å². The van der Waals surface area contributed by atoms with Gasteiger partial charge in [-0.15, -0.1) is 0 Å². The van der Waals surface area contributed by atoms with Crippen molar-refractivity contribution < 1.29 is 4.79 Å². The Bertz CT molecular complexity index is 296. The Hall–Kier alpha value is 0.1000. The van der Waals surface area contributed by atoms with Gasteiger partial charge in [-0.3, -0.25) is 4.79 Å². The van der Waals surface area contributed by atoms with Gasteiger partial charge in [0, 0.05) is 13.6 Å². The Morgan fingerprint density at radius 2 is 2.18 bits per heavy atom. The summed E-state index contributed by atoms with van der Waals surface area (Å²) < 4.78 is 1.95. The third-order valence-corrected chi connectivity index (χ3v) is 2.74. The molecular weight excluding hydrogens is 319 g/mol. The van der Waals surface area contributed by atoms with E-state index < -0.39 is 0 Å². The Labute approximate surface area is 87.5 Å². The molecule has 0 aliphatic carbocycles. The van der Waals surface area contributed by atoms with E-state index in [-0.39, 0.29) is 5.78 Å². The first kappa shape index (κ1) is 9.19. The summed E-state index contributed by atoms with van der Waals surface area (Å²) in [5.74, 6) is 0.107. The van der Waals surface area contributed by atoms with Crippen LogP contribution in [0.5, 0.6) is 0 Å². The van der Waals surface area contributed by atoms with Gasteiger partial charge in [0.15, 0.2) is 5.78 Å². The highest BCUT2D eigenvalue weighted by Crippen LogP contribution is 2.18. The van der Waals surface area contributed by atoms with E-state index in [4.69, 9.17) is 0 Å². The molecule has 11 heavy (non-hydrogen) atoms. The van der Waals surface area contributed by atoms with Gasteiger partial charge in [0.25, 0.3) is 0 Å². The van der Waals surface area contributed by atoms with Crippen LogP contribution in [0.4, 0.5) is 0 Å². The van der Waals surface area contributed by atoms with Crippen molar-refractivity contribution in [2.75, 3.05) is 0 Å². The lowest BCUT2D eigenvalue weighted by Crippen LogP contribution is -1.94. The second kappa shape index (κ2) is 3.67. The van der Waals surface area contributed by atoms with Gasteiger partial charge in [-0.25, -0.2) is 0 Å². The number of hydrogen-bond acceptors (Lipinski definition) is 1. The van der Waals surface area contributed by atoms with E-state index in [9.17, 15) is 4.79 Å². The summed E-state index contributed by atoms with van der Waals surface area (Å²) in [4.78, 5) is 11.0. The minimum Gasteiger partial charge on any atom is -0.294 e. The first-order valence-corrected chi connectivity index (χ1v) is 4.94. The summed E-state index contributed by atoms with van der Waals surface area (Å²) in [6.45, 7) is 1.57. The van der Waals surface area contributed by atoms with Gasteiger partial charge >= 0.3 is 0 Å². The number of carbonyl (C=O) groups is 1. The molecule has 0 bridgehead atoms. The number of benzene rings is 1. The molecule has 0 radical (unpaired) electrons. The van der Waals surface area contributed by atoms with E-state index in [2.05, 4.69) is 38.5 Å². The molecule has 0 saturated heterocycles. The first-order valence-electron chi connectivity index (χ1n) is 3.07. The molecule has 0 fully saturated rings. The summed E-state index contributed by atoms with van der Waals surface area (Å²) in [7, 11) is 0. The molecule has 0 saturated carbocycles. The average molecular weight is 325 g/mol. The number of carbonyl (C=O) groups excluding carboxylic acids is 1. The highest BCUT2D eigenvalue weighted by molar-refractivity contribution is 14.1. The SMILES string of the molecule is CC(=O)c1cc(Br)ccc1I. The molecule has 1 aromatic rings. The zero-order valence-electron chi connectivity index (χ0n) is 5.90. The van der Waals surface area contributed by atoms with Crippen LogP contribution in [0.1, 0.15) is 17.3 Å². The van der Waals surface area contributed by atoms with Crippen molar-refractivity contribution in [3.05, 3.63) is 31.8 Å². The summed E-state index contributed by atoms with van der Waals surface area (Å²) in [5, 5.41) is 0. The molecule has 0 aliphatic rings. The number of hydrogen-bond donors (Lipinski definition) is 0. The predicted octanol–water partition coefficient (Wildman–Crippen LogP) is 3.26. The standard InChI is InChI=1S/C8H6BrIO/c1-5(11)7-4-6(9)2-3-8(7)10/h2-4H,1H3. The van der Waals surface area contributed by atoms with E-state index in [1.54, 1.807) is 6.92 Å². The maximum atomic E-state index is 11.0. The van der Waals surface area contributed by atoms with Gasteiger partial charge in [0.2, 0.25) is 0 Å². The average Bonchev–Trinajstić information content (AvgIpc) is 1.94. The summed E-state index contributed by atoms with van der Waals surface area (Å²) in [6, 6.07) is 5.68. The second-order valence-corrected chi connectivity index (χ2v) is 4.26. The Kier molecular flexibility index (Phi) is 3.06. The van der Waals surface area contributed by atoms with Crippen molar-refractivity contribution in [3.63, 3.8) is 0 Å². The van der Waals surface area contributed by atoms with E-state index in [0.717, 1.165) is 13.6 Å². The third kappa shape index (κ3) is 2.27. The van der Waals surface area contributed by atoms with E-state index in [1.807, 2.05) is 18.2 Å². The largest absolute Gasteiger partial charge is 0.294 e. The molecule has 0 aromatic heterocycles. The number of ketones is 1. The van der Waals surface area contributed by atoms with Crippen LogP contribution in [0.25, 0.3) is 0 Å². The van der Waals surface area contributed by atoms with Crippen LogP contribution in [0.2, 0.25) is 0 Å². The van der Waals surface area contributed by atoms with Crippen molar-refractivity contribution in [2.24, 2.45) is 0 Å². The number of rotatable bonds is 1. The first-order chi connectivity index (χ1) is 5.11. The fourth-order valence-corrected chi connectivity index (χ4v) is 1.84. The van der Waals surface area contributed by atoms with Gasteiger partial charge < -0.3 is 0 Å². The van der Waals surface area contributed by atoms with Crippen LogP contribution < -0.4 is 0 Å². The molecular formula is C8H6BrIO. The van der Waals surface area contributed by atoms with Crippen LogP contribution in [-0.2, 0) is 0 Å². The smallest absolute Gasteiger partial charge is 0.160 e. The van der Waals surface area contributed by atoms with Crippen LogP contribution in [-0.4, -0.2) is 5.78 Å². The number of halogens is 2. The lowest BCUT2D eigenvalue weighted by molar-refractivity contribution is 0.101. The lowest BCUT2D eigenvalue weighted by Gasteiger charge is -1.99. The van der Waals surface area contributed by atoms with E-state index in [0.29, 0.717) is 0 Å². The molecule has 0 N–H and O–H groups in total. The zero-order chi connectivity index (χ0) is 8.43. The fraction of sp³-hybridized carbons (Fsp3) is 0.125. The maximum absolute atomic E-state index is 11.0. The normalized spacial score (nSPS) is 9.73. The monoisotopic (exact) mass is 324 g/mol. The van der Waals surface area contributed by atoms with Crippen molar-refractivity contribution in [1.82, 2.24) is 0 Å². The quantitative estimate of drug-likeness (QED) is 0.572. The van der Waals surface area contributed by atoms with Gasteiger partial charge in [0.1, 0.15) is 0 Å². The molecule has 1 nitrogen and oxygen atoms in total. The molecule has 0 amide bonds. The Balaban J connectivity index is 3.23. The molecule has 3 heteroatoms. The number of Topliss-reactive ketones (excluding diaryl/α,β-unsaturated/α-hetero) is 1. The second-order valence-electron chi connectivity index (χ2n) is 2.18. The maximum Gasteiger partial charge on any atom is 0.160 e. The molecule has 0 heterocycles. The van der Waals surface area contributed by atoms with Crippen molar-refractivity contribution >= 4 is 44.3 Å². The molecule has 1 rings (SSSR count). The van der Waals surface area contributed by atoms with Crippen molar-refractivity contribution in [2.45, 2.75) is 6.92 Å². The topological polar surface area (TPSA) is 17.1 Å². The minimum atomic E-state index is 0.107. The van der Waals surface area contributed by atoms with Crippen LogP contribution in [0.15, 0.2) is 22.7 Å². The zero-order valence-corrected chi connectivity index (χ0v) is 9.64. The summed E-state index contributed by atoms with van der Waals surface area (Å²) in [6.07, 6.45) is 0. The van der Waals surface area contributed by atoms with E-state index >= 15 is 0 Å². The molecule has 0 aliphatic heterocycles. The van der Waals surface area contributed by atoms with Gasteiger partial charge in [-0.2, -0.15) is 0 Å². The van der Waals surface area contributed by atoms with Gasteiger partial charge in [-0.1, -0.05) is 15.9 Å². The summed E-state index contributed by atoms with van der Waals surface area (Å²) in [5.41, 5.74) is 0.778. The van der Waals surface area contributed by atoms with Gasteiger partial charge in [-0.05, 0) is 47.7 Å². The lowest BCUT2D eigenvalue weighted by atomic mass is 10.2. The summed E-state index contributed by atoms with van der Waals surface area (Å²) >= 11 is 5.46. The van der Waals surface area contributed by atoms with Crippen molar-refractivity contribution in [3.8, 4) is 0 Å². The molecule has 58 valence electrons. The molecule has 0 atom stereocenters. The molecule has 0 unspecified atom stereocenters. The molecule has 0 spiro atoms. The minimum absolute atomic E-state index is 0.107.